The molecule has 0 aromatic heterocycles. The Morgan fingerprint density at radius 1 is 0.880 bits per heavy atom. The number of halogens is 1. The van der Waals surface area contributed by atoms with Gasteiger partial charge in [0.1, 0.15) is 5.82 Å². The van der Waals surface area contributed by atoms with Crippen LogP contribution in [0.4, 0.5) is 4.39 Å². The smallest absolute Gasteiger partial charge is 0.399 e. The fourth-order valence-corrected chi connectivity index (χ4v) is 3.19. The summed E-state index contributed by atoms with van der Waals surface area (Å²) < 4.78 is 26.3. The molecule has 2 rings (SSSR count). The van der Waals surface area contributed by atoms with Gasteiger partial charge < -0.3 is 9.31 Å². The molecule has 2 nitrogen and oxygen atoms in total. The first-order valence-corrected chi connectivity index (χ1v) is 9.91. The van der Waals surface area contributed by atoms with Crippen LogP contribution in [0, 0.1) is 5.82 Å². The maximum absolute atomic E-state index is 14.3. The Balaban J connectivity index is 1.90. The fraction of sp³-hybridized carbons (Fsp3) is 0.714. The zero-order chi connectivity index (χ0) is 18.5. The summed E-state index contributed by atoms with van der Waals surface area (Å²) in [7, 11) is -0.626. The summed E-state index contributed by atoms with van der Waals surface area (Å²) in [5.41, 5.74) is 0.802. The fourth-order valence-electron chi connectivity index (χ4n) is 3.19. The van der Waals surface area contributed by atoms with Gasteiger partial charge in [-0.15, -0.1) is 0 Å². The maximum atomic E-state index is 14.3. The summed E-state index contributed by atoms with van der Waals surface area (Å²) in [5, 5.41) is 0. The molecule has 1 heterocycles. The molecule has 25 heavy (non-hydrogen) atoms. The van der Waals surface area contributed by atoms with Gasteiger partial charge in [0.25, 0.3) is 0 Å². The van der Waals surface area contributed by atoms with E-state index in [9.17, 15) is 4.39 Å². The van der Waals surface area contributed by atoms with Gasteiger partial charge in [-0.05, 0) is 52.2 Å². The zero-order valence-electron chi connectivity index (χ0n) is 16.7. The van der Waals surface area contributed by atoms with E-state index >= 15 is 0 Å². The number of unbranched alkanes of at least 4 members (excludes halogenated alkanes) is 6. The van der Waals surface area contributed by atoms with Gasteiger partial charge in [0.05, 0.1) is 11.2 Å². The second-order valence-corrected chi connectivity index (χ2v) is 8.32. The number of aryl methyl sites for hydroxylation is 1. The van der Waals surface area contributed by atoms with Gasteiger partial charge in [0, 0.05) is 5.46 Å². The molecule has 1 fully saturated rings. The molecule has 1 saturated heterocycles. The molecule has 0 unspecified atom stereocenters. The van der Waals surface area contributed by atoms with Crippen molar-refractivity contribution in [3.8, 4) is 0 Å². The van der Waals surface area contributed by atoms with Crippen LogP contribution in [0.2, 0.25) is 0 Å². The molecule has 0 amide bonds. The van der Waals surface area contributed by atoms with Gasteiger partial charge in [-0.1, -0.05) is 57.6 Å². The van der Waals surface area contributed by atoms with Gasteiger partial charge in [0.2, 0.25) is 0 Å². The molecule has 0 atom stereocenters. The van der Waals surface area contributed by atoms with Crippen LogP contribution >= 0.6 is 0 Å². The highest BCUT2D eigenvalue weighted by Gasteiger charge is 2.52. The third-order valence-corrected chi connectivity index (χ3v) is 5.64. The second kappa shape index (κ2) is 8.68. The molecule has 140 valence electrons. The standard InChI is InChI=1S/C21H34BFO2/c1-6-7-8-9-10-11-12-13-17-14-15-19(23)18(16-17)22-24-20(2,3)21(4,5)25-22/h14-16H,6-13H2,1-5H3. The van der Waals surface area contributed by atoms with Crippen molar-refractivity contribution in [2.75, 3.05) is 0 Å². The average Bonchev–Trinajstić information content (AvgIpc) is 2.76. The van der Waals surface area contributed by atoms with Crippen molar-refractivity contribution in [3.63, 3.8) is 0 Å². The molecule has 0 bridgehead atoms. The predicted molar refractivity (Wildman–Crippen MR) is 104 cm³/mol. The number of hydrogen-bond acceptors (Lipinski definition) is 2. The van der Waals surface area contributed by atoms with E-state index in [2.05, 4.69) is 6.92 Å². The summed E-state index contributed by atoms with van der Waals surface area (Å²) in [4.78, 5) is 0. The van der Waals surface area contributed by atoms with Crippen LogP contribution in [0.5, 0.6) is 0 Å². The van der Waals surface area contributed by atoms with Gasteiger partial charge in [-0.25, -0.2) is 4.39 Å². The van der Waals surface area contributed by atoms with Crippen LogP contribution in [0.25, 0.3) is 0 Å². The van der Waals surface area contributed by atoms with Gasteiger partial charge in [0.15, 0.2) is 0 Å². The van der Waals surface area contributed by atoms with Gasteiger partial charge in [-0.3, -0.25) is 0 Å². The first kappa shape index (κ1) is 20.4. The Labute approximate surface area is 153 Å². The molecule has 0 spiro atoms. The Bertz CT molecular complexity index is 541. The summed E-state index contributed by atoms with van der Waals surface area (Å²) in [6.07, 6.45) is 9.99. The molecular formula is C21H34BFO2. The molecule has 1 aromatic carbocycles. The van der Waals surface area contributed by atoms with Crippen molar-refractivity contribution in [2.45, 2.75) is 97.2 Å². The molecule has 0 aliphatic carbocycles. The molecule has 0 N–H and O–H groups in total. The van der Waals surface area contributed by atoms with Crippen molar-refractivity contribution in [2.24, 2.45) is 0 Å². The largest absolute Gasteiger partial charge is 0.497 e. The lowest BCUT2D eigenvalue weighted by Crippen LogP contribution is -2.41. The van der Waals surface area contributed by atoms with Crippen LogP contribution in [-0.4, -0.2) is 18.3 Å². The minimum absolute atomic E-state index is 0.248. The topological polar surface area (TPSA) is 18.5 Å². The van der Waals surface area contributed by atoms with Gasteiger partial charge in [-0.2, -0.15) is 0 Å². The summed E-state index contributed by atoms with van der Waals surface area (Å²) in [6, 6.07) is 5.37. The lowest BCUT2D eigenvalue weighted by Gasteiger charge is -2.32. The third kappa shape index (κ3) is 5.31. The third-order valence-electron chi connectivity index (χ3n) is 5.64. The Morgan fingerprint density at radius 3 is 2.04 bits per heavy atom. The molecule has 0 saturated carbocycles. The van der Waals surface area contributed by atoms with Crippen LogP contribution < -0.4 is 5.46 Å². The average molecular weight is 348 g/mol. The molecule has 1 aliphatic rings. The second-order valence-electron chi connectivity index (χ2n) is 8.32. The minimum atomic E-state index is -0.626. The highest BCUT2D eigenvalue weighted by atomic mass is 19.1. The first-order valence-electron chi connectivity index (χ1n) is 9.91. The van der Waals surface area contributed by atoms with E-state index in [-0.39, 0.29) is 5.82 Å². The van der Waals surface area contributed by atoms with Crippen molar-refractivity contribution in [3.05, 3.63) is 29.6 Å². The molecule has 1 aliphatic heterocycles. The SMILES string of the molecule is CCCCCCCCCc1ccc(F)c(B2OC(C)(C)C(C)(C)O2)c1. The number of rotatable bonds is 9. The first-order chi connectivity index (χ1) is 11.8. The summed E-state index contributed by atoms with van der Waals surface area (Å²) in [6.45, 7) is 10.2. The lowest BCUT2D eigenvalue weighted by atomic mass is 9.77. The zero-order valence-corrected chi connectivity index (χ0v) is 16.7. The van der Waals surface area contributed by atoms with Gasteiger partial charge >= 0.3 is 7.12 Å². The van der Waals surface area contributed by atoms with Crippen LogP contribution in [0.3, 0.4) is 0 Å². The molecule has 1 aromatic rings. The maximum Gasteiger partial charge on any atom is 0.497 e. The van der Waals surface area contributed by atoms with E-state index in [1.54, 1.807) is 6.07 Å². The lowest BCUT2D eigenvalue weighted by molar-refractivity contribution is 0.00578. The van der Waals surface area contributed by atoms with E-state index in [1.807, 2.05) is 39.8 Å². The summed E-state index contributed by atoms with van der Waals surface area (Å²) in [5.74, 6) is -0.248. The highest BCUT2D eigenvalue weighted by molar-refractivity contribution is 6.62. The van der Waals surface area contributed by atoms with Crippen molar-refractivity contribution >= 4 is 12.6 Å². The van der Waals surface area contributed by atoms with Crippen LogP contribution in [0.15, 0.2) is 18.2 Å². The monoisotopic (exact) mass is 348 g/mol. The molecule has 4 heteroatoms. The Hall–Kier alpha value is -0.865. The summed E-state index contributed by atoms with van der Waals surface area (Å²) >= 11 is 0. The van der Waals surface area contributed by atoms with E-state index < -0.39 is 18.3 Å². The Kier molecular flexibility index (Phi) is 7.10. The van der Waals surface area contributed by atoms with E-state index in [4.69, 9.17) is 9.31 Å². The van der Waals surface area contributed by atoms with Crippen molar-refractivity contribution < 1.29 is 13.7 Å². The number of hydrogen-bond donors (Lipinski definition) is 0. The molecular weight excluding hydrogens is 314 g/mol. The van der Waals surface area contributed by atoms with Crippen molar-refractivity contribution in [1.29, 1.82) is 0 Å². The highest BCUT2D eigenvalue weighted by Crippen LogP contribution is 2.36. The van der Waals surface area contributed by atoms with E-state index in [0.717, 1.165) is 12.8 Å². The van der Waals surface area contributed by atoms with Crippen molar-refractivity contribution in [1.82, 2.24) is 0 Å². The van der Waals surface area contributed by atoms with E-state index in [1.165, 1.54) is 44.1 Å². The minimum Gasteiger partial charge on any atom is -0.399 e. The Morgan fingerprint density at radius 2 is 1.44 bits per heavy atom. The predicted octanol–water partition coefficient (Wildman–Crippen LogP) is 5.42. The van der Waals surface area contributed by atoms with Crippen LogP contribution in [0.1, 0.15) is 85.1 Å². The van der Waals surface area contributed by atoms with E-state index in [0.29, 0.717) is 5.46 Å². The number of benzene rings is 1. The van der Waals surface area contributed by atoms with Crippen LogP contribution in [-0.2, 0) is 15.7 Å². The quantitative estimate of drug-likeness (QED) is 0.438. The normalized spacial score (nSPS) is 18.7. The molecule has 0 radical (unpaired) electrons.